The van der Waals surface area contributed by atoms with Gasteiger partial charge in [0.25, 0.3) is 0 Å². The van der Waals surface area contributed by atoms with Crippen LogP contribution < -0.4 is 14.2 Å². The molecule has 0 saturated carbocycles. The van der Waals surface area contributed by atoms with Crippen molar-refractivity contribution in [3.05, 3.63) is 89.0 Å². The van der Waals surface area contributed by atoms with Gasteiger partial charge < -0.3 is 19.3 Å². The summed E-state index contributed by atoms with van der Waals surface area (Å²) < 4.78 is 17.6. The average Bonchev–Trinajstić information content (AvgIpc) is 2.89. The Bertz CT molecular complexity index is 1100. The van der Waals surface area contributed by atoms with Gasteiger partial charge in [0.1, 0.15) is 12.6 Å². The first-order chi connectivity index (χ1) is 17.0. The van der Waals surface area contributed by atoms with Gasteiger partial charge in [-0.3, -0.25) is 9.69 Å². The number of likely N-dealkylation sites (tertiary alicyclic amines) is 1. The van der Waals surface area contributed by atoms with Gasteiger partial charge in [-0.05, 0) is 55.1 Å². The molecule has 0 spiro atoms. The van der Waals surface area contributed by atoms with E-state index in [9.17, 15) is 9.90 Å². The van der Waals surface area contributed by atoms with Crippen molar-refractivity contribution in [1.29, 1.82) is 0 Å². The summed E-state index contributed by atoms with van der Waals surface area (Å²) in [5.41, 5.74) is 4.13. The minimum absolute atomic E-state index is 0.261. The molecule has 2 atom stereocenters. The molecule has 1 heterocycles. The Labute approximate surface area is 207 Å². The van der Waals surface area contributed by atoms with Crippen molar-refractivity contribution < 1.29 is 24.1 Å². The van der Waals surface area contributed by atoms with E-state index < -0.39 is 12.0 Å². The quantitative estimate of drug-likeness (QED) is 0.433. The van der Waals surface area contributed by atoms with Crippen LogP contribution in [-0.4, -0.2) is 42.8 Å². The second-order valence-corrected chi connectivity index (χ2v) is 8.93. The first-order valence-corrected chi connectivity index (χ1v) is 12.0. The summed E-state index contributed by atoms with van der Waals surface area (Å²) in [7, 11) is 3.21. The lowest BCUT2D eigenvalue weighted by Gasteiger charge is -2.40. The summed E-state index contributed by atoms with van der Waals surface area (Å²) in [5, 5.41) is 10.0. The normalized spacial score (nSPS) is 16.9. The molecular weight excluding hydrogens is 442 g/mol. The number of aryl methyl sites for hydroxylation is 1. The zero-order chi connectivity index (χ0) is 24.8. The highest BCUT2D eigenvalue weighted by atomic mass is 16.5. The van der Waals surface area contributed by atoms with Gasteiger partial charge in [0, 0.05) is 0 Å². The lowest BCUT2D eigenvalue weighted by atomic mass is 9.91. The van der Waals surface area contributed by atoms with E-state index in [4.69, 9.17) is 14.2 Å². The second-order valence-electron chi connectivity index (χ2n) is 8.93. The van der Waals surface area contributed by atoms with Crippen molar-refractivity contribution in [3.8, 4) is 17.2 Å². The Kier molecular flexibility index (Phi) is 7.93. The molecule has 1 N–H and O–H groups in total. The van der Waals surface area contributed by atoms with E-state index in [1.54, 1.807) is 14.2 Å². The maximum Gasteiger partial charge on any atom is 0.320 e. The smallest absolute Gasteiger partial charge is 0.320 e. The predicted octanol–water partition coefficient (Wildman–Crippen LogP) is 5.62. The summed E-state index contributed by atoms with van der Waals surface area (Å²) in [6.45, 7) is 3.12. The van der Waals surface area contributed by atoms with Crippen LogP contribution in [0.1, 0.15) is 47.6 Å². The van der Waals surface area contributed by atoms with Crippen LogP contribution in [0, 0.1) is 6.92 Å². The van der Waals surface area contributed by atoms with Gasteiger partial charge in [0.05, 0.1) is 20.3 Å². The van der Waals surface area contributed by atoms with Gasteiger partial charge in [-0.25, -0.2) is 0 Å². The molecule has 0 radical (unpaired) electrons. The summed E-state index contributed by atoms with van der Waals surface area (Å²) in [6.07, 6.45) is 2.50. The molecule has 4 rings (SSSR count). The fourth-order valence-electron chi connectivity index (χ4n) is 4.78. The van der Waals surface area contributed by atoms with Crippen molar-refractivity contribution in [2.24, 2.45) is 0 Å². The third-order valence-corrected chi connectivity index (χ3v) is 6.58. The Balaban J connectivity index is 1.77. The van der Waals surface area contributed by atoms with Gasteiger partial charge in [-0.2, -0.15) is 0 Å². The first kappa shape index (κ1) is 24.6. The number of carboxylic acid groups (broad SMARTS) is 1. The molecule has 35 heavy (non-hydrogen) atoms. The van der Waals surface area contributed by atoms with Crippen molar-refractivity contribution >= 4 is 5.97 Å². The molecule has 0 bridgehead atoms. The van der Waals surface area contributed by atoms with Crippen LogP contribution in [0.25, 0.3) is 0 Å². The van der Waals surface area contributed by atoms with E-state index in [0.717, 1.165) is 35.1 Å². The molecule has 3 aromatic rings. The molecular formula is C29H33NO5. The third kappa shape index (κ3) is 5.60. The summed E-state index contributed by atoms with van der Waals surface area (Å²) in [5.74, 6) is 0.842. The number of hydrogen-bond donors (Lipinski definition) is 1. The summed E-state index contributed by atoms with van der Waals surface area (Å²) >= 11 is 0. The van der Waals surface area contributed by atoms with Gasteiger partial charge in [-0.1, -0.05) is 66.6 Å². The number of ether oxygens (including phenoxy) is 3. The molecule has 0 aliphatic carbocycles. The number of rotatable bonds is 9. The zero-order valence-corrected chi connectivity index (χ0v) is 20.6. The number of hydrogen-bond acceptors (Lipinski definition) is 5. The van der Waals surface area contributed by atoms with Crippen LogP contribution in [0.5, 0.6) is 17.2 Å². The molecule has 1 fully saturated rings. The number of benzene rings is 3. The maximum absolute atomic E-state index is 12.2. The third-order valence-electron chi connectivity index (χ3n) is 6.58. The van der Waals surface area contributed by atoms with Crippen molar-refractivity contribution in [1.82, 2.24) is 4.90 Å². The summed E-state index contributed by atoms with van der Waals surface area (Å²) in [4.78, 5) is 14.3. The number of aliphatic carboxylic acids is 1. The molecule has 6 nitrogen and oxygen atoms in total. The average molecular weight is 476 g/mol. The Hall–Kier alpha value is -3.51. The second kappa shape index (κ2) is 11.3. The van der Waals surface area contributed by atoms with Gasteiger partial charge in [0.2, 0.25) is 5.75 Å². The van der Waals surface area contributed by atoms with Crippen molar-refractivity contribution in [2.75, 3.05) is 20.8 Å². The summed E-state index contributed by atoms with van der Waals surface area (Å²) in [6, 6.07) is 21.3. The first-order valence-electron chi connectivity index (χ1n) is 12.0. The van der Waals surface area contributed by atoms with E-state index in [0.29, 0.717) is 36.8 Å². The minimum atomic E-state index is -0.788. The fraction of sp³-hybridized carbons (Fsp3) is 0.345. The molecule has 1 saturated heterocycles. The SMILES string of the molecule is COc1cc(C(c2ccc(C)cc2)N2CCCCC2C(=O)O)cc(OC)c1OCc1ccccc1. The molecule has 0 aromatic heterocycles. The van der Waals surface area contributed by atoms with E-state index in [1.807, 2.05) is 49.4 Å². The van der Waals surface area contributed by atoms with Crippen molar-refractivity contribution in [3.63, 3.8) is 0 Å². The van der Waals surface area contributed by atoms with Crippen LogP contribution >= 0.6 is 0 Å². The maximum atomic E-state index is 12.2. The topological polar surface area (TPSA) is 68.2 Å². The standard InChI is InChI=1S/C29H33NO5/c1-20-12-14-22(15-13-20)27(30-16-8-7-11-24(30)29(31)32)23-17-25(33-2)28(26(18-23)34-3)35-19-21-9-5-4-6-10-21/h4-6,9-10,12-15,17-18,24,27H,7-8,11,16,19H2,1-3H3,(H,31,32). The molecule has 1 aliphatic heterocycles. The van der Waals surface area contributed by atoms with E-state index in [-0.39, 0.29) is 6.04 Å². The van der Waals surface area contributed by atoms with Crippen LogP contribution in [-0.2, 0) is 11.4 Å². The number of methoxy groups -OCH3 is 2. The van der Waals surface area contributed by atoms with Crippen LogP contribution in [0.15, 0.2) is 66.7 Å². The number of carbonyl (C=O) groups is 1. The van der Waals surface area contributed by atoms with Gasteiger partial charge >= 0.3 is 5.97 Å². The highest BCUT2D eigenvalue weighted by molar-refractivity contribution is 5.74. The zero-order valence-electron chi connectivity index (χ0n) is 20.6. The number of carboxylic acids is 1. The van der Waals surface area contributed by atoms with Gasteiger partial charge in [-0.15, -0.1) is 0 Å². The lowest BCUT2D eigenvalue weighted by Crippen LogP contribution is -2.46. The molecule has 6 heteroatoms. The Morgan fingerprint density at radius 3 is 2.23 bits per heavy atom. The molecule has 184 valence electrons. The number of piperidine rings is 1. The Morgan fingerprint density at radius 2 is 1.63 bits per heavy atom. The predicted molar refractivity (Wildman–Crippen MR) is 135 cm³/mol. The van der Waals surface area contributed by atoms with E-state index in [1.165, 1.54) is 0 Å². The molecule has 2 unspecified atom stereocenters. The highest BCUT2D eigenvalue weighted by Gasteiger charge is 2.36. The molecule has 1 aliphatic rings. The van der Waals surface area contributed by atoms with Crippen LogP contribution in [0.4, 0.5) is 0 Å². The lowest BCUT2D eigenvalue weighted by molar-refractivity contribution is -0.145. The van der Waals surface area contributed by atoms with E-state index >= 15 is 0 Å². The Morgan fingerprint density at radius 1 is 0.971 bits per heavy atom. The van der Waals surface area contributed by atoms with E-state index in [2.05, 4.69) is 29.2 Å². The number of nitrogens with zero attached hydrogens (tertiary/aromatic N) is 1. The molecule has 0 amide bonds. The fourth-order valence-corrected chi connectivity index (χ4v) is 4.78. The highest BCUT2D eigenvalue weighted by Crippen LogP contribution is 2.44. The van der Waals surface area contributed by atoms with Crippen LogP contribution in [0.2, 0.25) is 0 Å². The van der Waals surface area contributed by atoms with Gasteiger partial charge in [0.15, 0.2) is 11.5 Å². The monoisotopic (exact) mass is 475 g/mol. The molecule has 3 aromatic carbocycles. The van der Waals surface area contributed by atoms with Crippen LogP contribution in [0.3, 0.4) is 0 Å². The largest absolute Gasteiger partial charge is 0.493 e. The minimum Gasteiger partial charge on any atom is -0.493 e. The van der Waals surface area contributed by atoms with Crippen molar-refractivity contribution in [2.45, 2.75) is 44.9 Å².